The van der Waals surface area contributed by atoms with Crippen LogP contribution in [-0.2, 0) is 9.59 Å². The molecule has 1 saturated heterocycles. The molecule has 2 aliphatic rings. The monoisotopic (exact) mass is 423 g/mol. The zero-order valence-corrected chi connectivity index (χ0v) is 17.1. The molecule has 2 aliphatic heterocycles. The molecule has 31 heavy (non-hydrogen) atoms. The van der Waals surface area contributed by atoms with E-state index in [4.69, 9.17) is 14.2 Å². The number of hydrogen-bond donors (Lipinski definition) is 2. The van der Waals surface area contributed by atoms with Crippen LogP contribution in [0.3, 0.4) is 0 Å². The van der Waals surface area contributed by atoms with Crippen molar-refractivity contribution in [3.05, 3.63) is 53.2 Å². The molecule has 0 saturated carbocycles. The molecule has 0 bridgehead atoms. The number of amides is 4. The number of carbonyl (C=O) groups excluding carboxylic acids is 3. The number of nitrogens with zero attached hydrogens (tertiary/aromatic N) is 1. The lowest BCUT2D eigenvalue weighted by Gasteiger charge is -2.12. The third kappa shape index (κ3) is 4.30. The Bertz CT molecular complexity index is 1090. The van der Waals surface area contributed by atoms with Gasteiger partial charge in [-0.3, -0.25) is 9.59 Å². The van der Waals surface area contributed by atoms with Gasteiger partial charge < -0.3 is 24.8 Å². The highest BCUT2D eigenvalue weighted by Crippen LogP contribution is 2.39. The Kier molecular flexibility index (Phi) is 5.48. The average Bonchev–Trinajstić information content (AvgIpc) is 3.28. The van der Waals surface area contributed by atoms with Gasteiger partial charge in [0.2, 0.25) is 12.7 Å². The van der Waals surface area contributed by atoms with Gasteiger partial charge >= 0.3 is 6.03 Å². The first-order valence-corrected chi connectivity index (χ1v) is 9.72. The summed E-state index contributed by atoms with van der Waals surface area (Å²) in [5, 5.41) is 5.20. The van der Waals surface area contributed by atoms with Crippen LogP contribution in [0.5, 0.6) is 17.2 Å². The molecule has 160 valence electrons. The Morgan fingerprint density at radius 2 is 2.00 bits per heavy atom. The number of benzene rings is 2. The van der Waals surface area contributed by atoms with Gasteiger partial charge in [-0.05, 0) is 43.7 Å². The lowest BCUT2D eigenvalue weighted by atomic mass is 10.1. The number of rotatable bonds is 6. The quantitative estimate of drug-likeness (QED) is 0.547. The first-order chi connectivity index (χ1) is 14.9. The fraction of sp³-hybridized carbons (Fsp3) is 0.227. The first kappa shape index (κ1) is 20.3. The summed E-state index contributed by atoms with van der Waals surface area (Å²) in [5.74, 6) is 0.457. The van der Waals surface area contributed by atoms with Gasteiger partial charge in [-0.25, -0.2) is 9.69 Å². The Morgan fingerprint density at radius 1 is 1.23 bits per heavy atom. The molecule has 9 heteroatoms. The van der Waals surface area contributed by atoms with Crippen molar-refractivity contribution >= 4 is 29.6 Å². The van der Waals surface area contributed by atoms with Crippen LogP contribution in [0, 0.1) is 6.92 Å². The van der Waals surface area contributed by atoms with Crippen molar-refractivity contribution in [3.63, 3.8) is 0 Å². The number of urea groups is 1. The molecule has 0 unspecified atom stereocenters. The van der Waals surface area contributed by atoms with E-state index < -0.39 is 24.4 Å². The molecule has 0 radical (unpaired) electrons. The Labute approximate surface area is 178 Å². The van der Waals surface area contributed by atoms with Gasteiger partial charge in [0.15, 0.2) is 11.5 Å². The van der Waals surface area contributed by atoms with Crippen LogP contribution in [0.25, 0.3) is 6.08 Å². The van der Waals surface area contributed by atoms with E-state index in [0.29, 0.717) is 35.1 Å². The number of nitrogens with one attached hydrogen (secondary N) is 2. The molecule has 2 heterocycles. The zero-order valence-electron chi connectivity index (χ0n) is 17.1. The molecule has 2 aromatic rings. The van der Waals surface area contributed by atoms with Gasteiger partial charge in [-0.2, -0.15) is 0 Å². The molecular formula is C22H21N3O6. The molecule has 0 aliphatic carbocycles. The molecule has 4 rings (SSSR count). The van der Waals surface area contributed by atoms with Gasteiger partial charge in [0.1, 0.15) is 18.0 Å². The van der Waals surface area contributed by atoms with Crippen LogP contribution >= 0.6 is 0 Å². The van der Waals surface area contributed by atoms with Crippen LogP contribution in [0.2, 0.25) is 0 Å². The minimum atomic E-state index is -0.672. The van der Waals surface area contributed by atoms with Crippen molar-refractivity contribution < 1.29 is 28.6 Å². The van der Waals surface area contributed by atoms with Crippen molar-refractivity contribution in [2.45, 2.75) is 13.8 Å². The van der Waals surface area contributed by atoms with Crippen molar-refractivity contribution in [1.29, 1.82) is 0 Å². The number of ether oxygens (including phenoxy) is 3. The first-order valence-electron chi connectivity index (χ1n) is 9.72. The maximum atomic E-state index is 12.8. The fourth-order valence-electron chi connectivity index (χ4n) is 3.27. The van der Waals surface area contributed by atoms with Crippen LogP contribution in [0.4, 0.5) is 10.5 Å². The summed E-state index contributed by atoms with van der Waals surface area (Å²) in [6.45, 7) is 3.83. The summed E-state index contributed by atoms with van der Waals surface area (Å²) in [6.07, 6.45) is 1.49. The predicted molar refractivity (Wildman–Crippen MR) is 112 cm³/mol. The number of carbonyl (C=O) groups is 3. The Balaban J connectivity index is 1.52. The molecule has 2 aromatic carbocycles. The summed E-state index contributed by atoms with van der Waals surface area (Å²) in [7, 11) is 0. The van der Waals surface area contributed by atoms with E-state index in [1.54, 1.807) is 30.3 Å². The number of anilines is 1. The largest absolute Gasteiger partial charge is 0.493 e. The SMILES string of the molecule is CCOc1cc2c(cc1/C=C1/NC(=O)N(CC(=O)Nc3cccc(C)c3)C1=O)OCO2. The Hall–Kier alpha value is -4.01. The van der Waals surface area contributed by atoms with Gasteiger partial charge in [-0.15, -0.1) is 0 Å². The minimum absolute atomic E-state index is 0.0353. The van der Waals surface area contributed by atoms with E-state index in [-0.39, 0.29) is 12.5 Å². The second-order valence-corrected chi connectivity index (χ2v) is 6.97. The minimum Gasteiger partial charge on any atom is -0.493 e. The van der Waals surface area contributed by atoms with E-state index in [1.807, 2.05) is 19.9 Å². The summed E-state index contributed by atoms with van der Waals surface area (Å²) in [5.41, 5.74) is 2.15. The van der Waals surface area contributed by atoms with Gasteiger partial charge in [0.05, 0.1) is 6.61 Å². The third-order valence-corrected chi connectivity index (χ3v) is 4.67. The molecular weight excluding hydrogens is 402 g/mol. The maximum Gasteiger partial charge on any atom is 0.329 e. The van der Waals surface area contributed by atoms with Crippen LogP contribution in [-0.4, -0.2) is 42.7 Å². The van der Waals surface area contributed by atoms with Crippen molar-refractivity contribution in [3.8, 4) is 17.2 Å². The summed E-state index contributed by atoms with van der Waals surface area (Å²) < 4.78 is 16.4. The predicted octanol–water partition coefficient (Wildman–Crippen LogP) is 2.65. The second kappa shape index (κ2) is 8.39. The van der Waals surface area contributed by atoms with E-state index in [9.17, 15) is 14.4 Å². The molecule has 0 aromatic heterocycles. The molecule has 9 nitrogen and oxygen atoms in total. The highest BCUT2D eigenvalue weighted by Gasteiger charge is 2.35. The van der Waals surface area contributed by atoms with Crippen LogP contribution in [0.15, 0.2) is 42.1 Å². The van der Waals surface area contributed by atoms with Crippen molar-refractivity contribution in [2.24, 2.45) is 0 Å². The highest BCUT2D eigenvalue weighted by atomic mass is 16.7. The van der Waals surface area contributed by atoms with Crippen LogP contribution < -0.4 is 24.8 Å². The highest BCUT2D eigenvalue weighted by molar-refractivity contribution is 6.16. The topological polar surface area (TPSA) is 106 Å². The van der Waals surface area contributed by atoms with Gasteiger partial charge in [0.25, 0.3) is 5.91 Å². The van der Waals surface area contributed by atoms with Crippen LogP contribution in [0.1, 0.15) is 18.1 Å². The van der Waals surface area contributed by atoms with Gasteiger partial charge in [-0.1, -0.05) is 12.1 Å². The third-order valence-electron chi connectivity index (χ3n) is 4.67. The van der Waals surface area contributed by atoms with Crippen molar-refractivity contribution in [2.75, 3.05) is 25.3 Å². The molecule has 2 N–H and O–H groups in total. The normalized spacial score (nSPS) is 15.9. The van der Waals surface area contributed by atoms with E-state index in [0.717, 1.165) is 10.5 Å². The summed E-state index contributed by atoms with van der Waals surface area (Å²) >= 11 is 0. The summed E-state index contributed by atoms with van der Waals surface area (Å²) in [6, 6.07) is 9.91. The summed E-state index contributed by atoms with van der Waals surface area (Å²) in [4.78, 5) is 38.3. The molecule has 4 amide bonds. The van der Waals surface area contributed by atoms with E-state index >= 15 is 0 Å². The number of aryl methyl sites for hydroxylation is 1. The van der Waals surface area contributed by atoms with Crippen molar-refractivity contribution in [1.82, 2.24) is 10.2 Å². The smallest absolute Gasteiger partial charge is 0.329 e. The number of fused-ring (bicyclic) bond motifs is 1. The Morgan fingerprint density at radius 3 is 2.74 bits per heavy atom. The lowest BCUT2D eigenvalue weighted by molar-refractivity contribution is -0.127. The van der Waals surface area contributed by atoms with E-state index in [1.165, 1.54) is 6.08 Å². The second-order valence-electron chi connectivity index (χ2n) is 6.97. The molecule has 0 atom stereocenters. The number of imide groups is 1. The fourth-order valence-corrected chi connectivity index (χ4v) is 3.27. The standard InChI is InChI=1S/C22H21N3O6/c1-3-29-17-10-19-18(30-12-31-19)9-14(17)8-16-21(27)25(22(28)24-16)11-20(26)23-15-6-4-5-13(2)7-15/h4-10H,3,11-12H2,1-2H3,(H,23,26)(H,24,28)/b16-8+. The molecule has 1 fully saturated rings. The maximum absolute atomic E-state index is 12.8. The zero-order chi connectivity index (χ0) is 22.0. The lowest BCUT2D eigenvalue weighted by Crippen LogP contribution is -2.38. The molecule has 0 spiro atoms. The average molecular weight is 423 g/mol. The van der Waals surface area contributed by atoms with E-state index in [2.05, 4.69) is 10.6 Å². The van der Waals surface area contributed by atoms with Gasteiger partial charge in [0, 0.05) is 17.3 Å². The number of hydrogen-bond acceptors (Lipinski definition) is 6.